The molecule has 0 spiro atoms. The fourth-order valence-corrected chi connectivity index (χ4v) is 1.95. The van der Waals surface area contributed by atoms with Crippen LogP contribution < -0.4 is 15.4 Å². The Kier molecular flexibility index (Phi) is 4.29. The van der Waals surface area contributed by atoms with E-state index < -0.39 is 0 Å². The molecule has 100 valence electrons. The Labute approximate surface area is 114 Å². The Morgan fingerprint density at radius 1 is 1.00 bits per heavy atom. The van der Waals surface area contributed by atoms with E-state index in [0.29, 0.717) is 0 Å². The summed E-state index contributed by atoms with van der Waals surface area (Å²) in [7, 11) is 3.78. The summed E-state index contributed by atoms with van der Waals surface area (Å²) in [5, 5.41) is 0. The molecule has 0 heterocycles. The van der Waals surface area contributed by atoms with Crippen molar-refractivity contribution in [3.05, 3.63) is 54.1 Å². The lowest BCUT2D eigenvalue weighted by atomic mass is 10.1. The van der Waals surface area contributed by atoms with Crippen molar-refractivity contribution < 1.29 is 4.74 Å². The second-order valence-corrected chi connectivity index (χ2v) is 4.61. The number of ether oxygens (including phenoxy) is 1. The van der Waals surface area contributed by atoms with Gasteiger partial charge in [0.2, 0.25) is 0 Å². The quantitative estimate of drug-likeness (QED) is 0.836. The van der Waals surface area contributed by atoms with Crippen LogP contribution in [0.25, 0.3) is 0 Å². The summed E-state index contributed by atoms with van der Waals surface area (Å²) in [6.07, 6.45) is 1.00. The van der Waals surface area contributed by atoms with E-state index in [-0.39, 0.29) is 0 Å². The molecule has 2 rings (SSSR count). The Balaban J connectivity index is 1.93. The molecule has 0 fully saturated rings. The first-order chi connectivity index (χ1) is 9.19. The van der Waals surface area contributed by atoms with Crippen LogP contribution in [0.1, 0.15) is 5.56 Å². The third kappa shape index (κ3) is 3.65. The van der Waals surface area contributed by atoms with E-state index >= 15 is 0 Å². The molecule has 3 heteroatoms. The molecule has 0 aliphatic heterocycles. The number of nitrogens with two attached hydrogens (primary N) is 1. The predicted molar refractivity (Wildman–Crippen MR) is 80.8 cm³/mol. The number of rotatable bonds is 5. The molecule has 0 atom stereocenters. The molecule has 19 heavy (non-hydrogen) atoms. The van der Waals surface area contributed by atoms with Gasteiger partial charge in [-0.3, -0.25) is 0 Å². The van der Waals surface area contributed by atoms with Crippen LogP contribution in [0.5, 0.6) is 5.75 Å². The van der Waals surface area contributed by atoms with Gasteiger partial charge in [-0.1, -0.05) is 12.1 Å². The molecular weight excluding hydrogens is 236 g/mol. The molecular formula is C16H20N2O. The zero-order valence-corrected chi connectivity index (χ0v) is 11.5. The normalized spacial score (nSPS) is 10.2. The van der Waals surface area contributed by atoms with Gasteiger partial charge >= 0.3 is 0 Å². The van der Waals surface area contributed by atoms with E-state index in [1.54, 1.807) is 7.11 Å². The van der Waals surface area contributed by atoms with Crippen LogP contribution in [0.15, 0.2) is 48.5 Å². The van der Waals surface area contributed by atoms with Gasteiger partial charge in [0, 0.05) is 25.0 Å². The first-order valence-electron chi connectivity index (χ1n) is 6.38. The van der Waals surface area contributed by atoms with Gasteiger partial charge in [-0.25, -0.2) is 0 Å². The minimum Gasteiger partial charge on any atom is -0.497 e. The van der Waals surface area contributed by atoms with Crippen molar-refractivity contribution in [3.63, 3.8) is 0 Å². The lowest BCUT2D eigenvalue weighted by Gasteiger charge is -2.19. The van der Waals surface area contributed by atoms with Crippen LogP contribution in [-0.4, -0.2) is 20.7 Å². The van der Waals surface area contributed by atoms with Gasteiger partial charge < -0.3 is 15.4 Å². The zero-order valence-electron chi connectivity index (χ0n) is 11.5. The number of likely N-dealkylation sites (N-methyl/N-ethyl adjacent to an activating group) is 1. The van der Waals surface area contributed by atoms with Crippen molar-refractivity contribution >= 4 is 11.4 Å². The fraction of sp³-hybridized carbons (Fsp3) is 0.250. The van der Waals surface area contributed by atoms with Gasteiger partial charge in [-0.15, -0.1) is 0 Å². The number of hydrogen-bond donors (Lipinski definition) is 1. The van der Waals surface area contributed by atoms with Crippen molar-refractivity contribution in [2.45, 2.75) is 6.42 Å². The Hall–Kier alpha value is -2.16. The Morgan fingerprint density at radius 3 is 2.21 bits per heavy atom. The molecule has 2 N–H and O–H groups in total. The monoisotopic (exact) mass is 256 g/mol. The number of nitrogens with zero attached hydrogens (tertiary/aromatic N) is 1. The Morgan fingerprint density at radius 2 is 1.63 bits per heavy atom. The third-order valence-electron chi connectivity index (χ3n) is 3.23. The average molecular weight is 256 g/mol. The molecule has 0 aliphatic rings. The minimum absolute atomic E-state index is 0.812. The molecule has 2 aromatic carbocycles. The molecule has 0 saturated carbocycles. The summed E-state index contributed by atoms with van der Waals surface area (Å²) < 4.78 is 5.16. The van der Waals surface area contributed by atoms with Gasteiger partial charge in [-0.2, -0.15) is 0 Å². The largest absolute Gasteiger partial charge is 0.497 e. The maximum Gasteiger partial charge on any atom is 0.119 e. The SMILES string of the molecule is COc1ccc(N(C)CCc2ccc(N)cc2)cc1. The fourth-order valence-electron chi connectivity index (χ4n) is 1.95. The predicted octanol–water partition coefficient (Wildman–Crippen LogP) is 2.96. The van der Waals surface area contributed by atoms with Crippen molar-refractivity contribution in [1.29, 1.82) is 0 Å². The minimum atomic E-state index is 0.812. The number of benzene rings is 2. The van der Waals surface area contributed by atoms with Crippen LogP contribution in [0.3, 0.4) is 0 Å². The highest BCUT2D eigenvalue weighted by Gasteiger charge is 2.02. The summed E-state index contributed by atoms with van der Waals surface area (Å²) in [6, 6.07) is 16.2. The molecule has 2 aromatic rings. The standard InChI is InChI=1S/C16H20N2O/c1-18(15-7-9-16(19-2)10-8-15)12-11-13-3-5-14(17)6-4-13/h3-10H,11-12,17H2,1-2H3. The van der Waals surface area contributed by atoms with Crippen molar-refractivity contribution in [3.8, 4) is 5.75 Å². The van der Waals surface area contributed by atoms with E-state index in [9.17, 15) is 0 Å². The van der Waals surface area contributed by atoms with Crippen LogP contribution in [0.2, 0.25) is 0 Å². The van der Waals surface area contributed by atoms with E-state index in [1.807, 2.05) is 24.3 Å². The molecule has 3 nitrogen and oxygen atoms in total. The van der Waals surface area contributed by atoms with E-state index in [0.717, 1.165) is 24.4 Å². The summed E-state index contributed by atoms with van der Waals surface area (Å²) >= 11 is 0. The highest BCUT2D eigenvalue weighted by Crippen LogP contribution is 2.18. The smallest absolute Gasteiger partial charge is 0.119 e. The number of nitrogen functional groups attached to an aromatic ring is 1. The van der Waals surface area contributed by atoms with Gasteiger partial charge in [0.15, 0.2) is 0 Å². The maximum absolute atomic E-state index is 5.68. The molecule has 0 saturated heterocycles. The van der Waals surface area contributed by atoms with Gasteiger partial charge in [0.05, 0.1) is 7.11 Å². The first-order valence-corrected chi connectivity index (χ1v) is 6.38. The lowest BCUT2D eigenvalue weighted by molar-refractivity contribution is 0.415. The molecule has 0 bridgehead atoms. The Bertz CT molecular complexity index is 505. The number of hydrogen-bond acceptors (Lipinski definition) is 3. The van der Waals surface area contributed by atoms with E-state index in [4.69, 9.17) is 10.5 Å². The molecule has 0 aromatic heterocycles. The van der Waals surface area contributed by atoms with E-state index in [1.165, 1.54) is 11.3 Å². The zero-order chi connectivity index (χ0) is 13.7. The topological polar surface area (TPSA) is 38.5 Å². The summed E-state index contributed by atoms with van der Waals surface area (Å²) in [6.45, 7) is 0.968. The lowest BCUT2D eigenvalue weighted by Crippen LogP contribution is -2.20. The van der Waals surface area contributed by atoms with Gasteiger partial charge in [-0.05, 0) is 48.4 Å². The average Bonchev–Trinajstić information content (AvgIpc) is 2.46. The first kappa shape index (κ1) is 13.3. The summed E-state index contributed by atoms with van der Waals surface area (Å²) in [4.78, 5) is 2.23. The molecule has 0 aliphatic carbocycles. The highest BCUT2D eigenvalue weighted by molar-refractivity contribution is 5.48. The van der Waals surface area contributed by atoms with Gasteiger partial charge in [0.1, 0.15) is 5.75 Å². The summed E-state index contributed by atoms with van der Waals surface area (Å²) in [5.74, 6) is 0.885. The van der Waals surface area contributed by atoms with Crippen LogP contribution in [0, 0.1) is 0 Å². The van der Waals surface area contributed by atoms with Gasteiger partial charge in [0.25, 0.3) is 0 Å². The van der Waals surface area contributed by atoms with Crippen molar-refractivity contribution in [2.24, 2.45) is 0 Å². The van der Waals surface area contributed by atoms with Crippen LogP contribution >= 0.6 is 0 Å². The number of methoxy groups -OCH3 is 1. The number of anilines is 2. The van der Waals surface area contributed by atoms with Crippen molar-refractivity contribution in [1.82, 2.24) is 0 Å². The molecule has 0 unspecified atom stereocenters. The molecule has 0 amide bonds. The second kappa shape index (κ2) is 6.14. The van der Waals surface area contributed by atoms with Crippen molar-refractivity contribution in [2.75, 3.05) is 31.3 Å². The molecule has 0 radical (unpaired) electrons. The maximum atomic E-state index is 5.68. The summed E-state index contributed by atoms with van der Waals surface area (Å²) in [5.41, 5.74) is 8.98. The van der Waals surface area contributed by atoms with Crippen LogP contribution in [0.4, 0.5) is 11.4 Å². The van der Waals surface area contributed by atoms with E-state index in [2.05, 4.69) is 36.2 Å². The van der Waals surface area contributed by atoms with Crippen LogP contribution in [-0.2, 0) is 6.42 Å². The highest BCUT2D eigenvalue weighted by atomic mass is 16.5. The second-order valence-electron chi connectivity index (χ2n) is 4.61. The third-order valence-corrected chi connectivity index (χ3v) is 3.23.